The van der Waals surface area contributed by atoms with E-state index in [1.165, 1.54) is 6.07 Å². The number of halogens is 1. The molecule has 3 rings (SSSR count). The lowest BCUT2D eigenvalue weighted by Crippen LogP contribution is -2.31. The van der Waals surface area contributed by atoms with E-state index in [1.807, 2.05) is 30.3 Å². The maximum absolute atomic E-state index is 13.7. The molecular formula is C19H20FNO2. The first kappa shape index (κ1) is 15.5. The van der Waals surface area contributed by atoms with Gasteiger partial charge in [0.1, 0.15) is 5.82 Å². The molecule has 1 saturated heterocycles. The maximum atomic E-state index is 13.7. The third-order valence-electron chi connectivity index (χ3n) is 4.41. The highest BCUT2D eigenvalue weighted by molar-refractivity contribution is 5.69. The van der Waals surface area contributed by atoms with Crippen molar-refractivity contribution in [2.75, 3.05) is 11.4 Å². The number of rotatable bonds is 5. The van der Waals surface area contributed by atoms with E-state index < -0.39 is 5.97 Å². The zero-order valence-corrected chi connectivity index (χ0v) is 12.9. The van der Waals surface area contributed by atoms with Crippen LogP contribution in [-0.4, -0.2) is 23.7 Å². The summed E-state index contributed by atoms with van der Waals surface area (Å²) in [4.78, 5) is 13.1. The van der Waals surface area contributed by atoms with Crippen LogP contribution in [0.25, 0.3) is 0 Å². The number of hydrogen-bond donors (Lipinski definition) is 1. The van der Waals surface area contributed by atoms with Crippen molar-refractivity contribution in [3.05, 3.63) is 65.5 Å². The van der Waals surface area contributed by atoms with Crippen LogP contribution in [0.15, 0.2) is 48.5 Å². The molecule has 0 saturated carbocycles. The molecular weight excluding hydrogens is 293 g/mol. The fourth-order valence-corrected chi connectivity index (χ4v) is 3.26. The van der Waals surface area contributed by atoms with Crippen molar-refractivity contribution >= 4 is 11.7 Å². The first-order valence-corrected chi connectivity index (χ1v) is 7.94. The van der Waals surface area contributed by atoms with Crippen molar-refractivity contribution in [3.8, 4) is 0 Å². The summed E-state index contributed by atoms with van der Waals surface area (Å²) in [7, 11) is 0. The zero-order chi connectivity index (χ0) is 16.2. The van der Waals surface area contributed by atoms with Crippen molar-refractivity contribution in [1.82, 2.24) is 0 Å². The largest absolute Gasteiger partial charge is 0.481 e. The number of benzene rings is 2. The molecule has 1 fully saturated rings. The molecule has 0 amide bonds. The molecule has 0 bridgehead atoms. The average molecular weight is 313 g/mol. The lowest BCUT2D eigenvalue weighted by atomic mass is 10.0. The number of aliphatic carboxylic acids is 1. The van der Waals surface area contributed by atoms with E-state index in [1.54, 1.807) is 12.1 Å². The Bertz CT molecular complexity index is 684. The van der Waals surface area contributed by atoms with Crippen molar-refractivity contribution in [3.63, 3.8) is 0 Å². The van der Waals surface area contributed by atoms with Gasteiger partial charge >= 0.3 is 5.97 Å². The molecule has 2 aromatic carbocycles. The summed E-state index contributed by atoms with van der Waals surface area (Å²) in [5, 5.41) is 9.01. The Kier molecular flexibility index (Phi) is 4.60. The van der Waals surface area contributed by atoms with E-state index in [-0.39, 0.29) is 18.3 Å². The molecule has 1 aliphatic heterocycles. The predicted octanol–water partition coefficient (Wildman–Crippen LogP) is 3.86. The normalized spacial score (nSPS) is 17.4. The standard InChI is InChI=1S/C19H20FNO2/c20-18-6-2-1-4-15(18)12-14-7-9-16(10-8-14)21-11-3-5-17(21)13-19(22)23/h1-2,4,6-10,17H,3,5,11-13H2,(H,22,23)/t17-/m0/s1. The summed E-state index contributed by atoms with van der Waals surface area (Å²) >= 11 is 0. The highest BCUT2D eigenvalue weighted by Crippen LogP contribution is 2.28. The van der Waals surface area contributed by atoms with Gasteiger partial charge in [0.2, 0.25) is 0 Å². The summed E-state index contributed by atoms with van der Waals surface area (Å²) < 4.78 is 13.7. The molecule has 1 atom stereocenters. The molecule has 4 heteroatoms. The minimum Gasteiger partial charge on any atom is -0.481 e. The minimum atomic E-state index is -0.752. The molecule has 1 aliphatic rings. The van der Waals surface area contributed by atoms with Gasteiger partial charge in [0.25, 0.3) is 0 Å². The fraction of sp³-hybridized carbons (Fsp3) is 0.316. The van der Waals surface area contributed by atoms with Gasteiger partial charge in [-0.2, -0.15) is 0 Å². The van der Waals surface area contributed by atoms with Gasteiger partial charge in [0.05, 0.1) is 6.42 Å². The third kappa shape index (κ3) is 3.70. The monoisotopic (exact) mass is 313 g/mol. The highest BCUT2D eigenvalue weighted by Gasteiger charge is 2.26. The Balaban J connectivity index is 1.72. The van der Waals surface area contributed by atoms with Crippen LogP contribution in [0.5, 0.6) is 0 Å². The molecule has 0 unspecified atom stereocenters. The van der Waals surface area contributed by atoms with E-state index >= 15 is 0 Å². The van der Waals surface area contributed by atoms with Crippen LogP contribution >= 0.6 is 0 Å². The first-order valence-electron chi connectivity index (χ1n) is 7.94. The number of hydrogen-bond acceptors (Lipinski definition) is 2. The molecule has 0 radical (unpaired) electrons. The van der Waals surface area contributed by atoms with Crippen LogP contribution in [-0.2, 0) is 11.2 Å². The second-order valence-corrected chi connectivity index (χ2v) is 6.02. The van der Waals surface area contributed by atoms with Crippen molar-refractivity contribution < 1.29 is 14.3 Å². The second kappa shape index (κ2) is 6.82. The quantitative estimate of drug-likeness (QED) is 0.911. The minimum absolute atomic E-state index is 0.0740. The van der Waals surface area contributed by atoms with Gasteiger partial charge in [-0.25, -0.2) is 4.39 Å². The van der Waals surface area contributed by atoms with Gasteiger partial charge in [0.15, 0.2) is 0 Å². The van der Waals surface area contributed by atoms with Crippen molar-refractivity contribution in [2.24, 2.45) is 0 Å². The molecule has 2 aromatic rings. The Morgan fingerprint density at radius 3 is 2.61 bits per heavy atom. The lowest BCUT2D eigenvalue weighted by molar-refractivity contribution is -0.137. The van der Waals surface area contributed by atoms with E-state index in [0.29, 0.717) is 12.0 Å². The van der Waals surface area contributed by atoms with Crippen molar-refractivity contribution in [1.29, 1.82) is 0 Å². The van der Waals surface area contributed by atoms with E-state index in [0.717, 1.165) is 30.6 Å². The fourth-order valence-electron chi connectivity index (χ4n) is 3.26. The Labute approximate surface area is 135 Å². The number of carboxylic acids is 1. The van der Waals surface area contributed by atoms with E-state index in [4.69, 9.17) is 5.11 Å². The second-order valence-electron chi connectivity index (χ2n) is 6.02. The number of carbonyl (C=O) groups is 1. The molecule has 120 valence electrons. The summed E-state index contributed by atoms with van der Waals surface area (Å²) in [6, 6.07) is 14.9. The smallest absolute Gasteiger partial charge is 0.305 e. The molecule has 1 heterocycles. The van der Waals surface area contributed by atoms with Crippen LogP contribution in [0.3, 0.4) is 0 Å². The SMILES string of the molecule is O=C(O)C[C@@H]1CCCN1c1ccc(Cc2ccccc2F)cc1. The maximum Gasteiger partial charge on any atom is 0.305 e. The highest BCUT2D eigenvalue weighted by atomic mass is 19.1. The predicted molar refractivity (Wildman–Crippen MR) is 88.3 cm³/mol. The molecule has 0 spiro atoms. The summed E-state index contributed by atoms with van der Waals surface area (Å²) in [5.41, 5.74) is 2.78. The van der Waals surface area contributed by atoms with Gasteiger partial charge in [-0.05, 0) is 42.2 Å². The molecule has 23 heavy (non-hydrogen) atoms. The van der Waals surface area contributed by atoms with Crippen LogP contribution in [0.1, 0.15) is 30.4 Å². The van der Waals surface area contributed by atoms with Crippen LogP contribution in [0.4, 0.5) is 10.1 Å². The molecule has 1 N–H and O–H groups in total. The number of nitrogens with zero attached hydrogens (tertiary/aromatic N) is 1. The summed E-state index contributed by atoms with van der Waals surface area (Å²) in [5.74, 6) is -0.935. The third-order valence-corrected chi connectivity index (χ3v) is 4.41. The van der Waals surface area contributed by atoms with E-state index in [2.05, 4.69) is 4.90 Å². The number of anilines is 1. The zero-order valence-electron chi connectivity index (χ0n) is 12.9. The number of carboxylic acid groups (broad SMARTS) is 1. The van der Waals surface area contributed by atoms with Gasteiger partial charge in [-0.15, -0.1) is 0 Å². The average Bonchev–Trinajstić information content (AvgIpc) is 2.98. The van der Waals surface area contributed by atoms with Gasteiger partial charge in [-0.1, -0.05) is 30.3 Å². The Morgan fingerprint density at radius 1 is 1.17 bits per heavy atom. The molecule has 3 nitrogen and oxygen atoms in total. The Morgan fingerprint density at radius 2 is 1.91 bits per heavy atom. The van der Waals surface area contributed by atoms with Gasteiger partial charge < -0.3 is 10.0 Å². The topological polar surface area (TPSA) is 40.5 Å². The van der Waals surface area contributed by atoms with Crippen LogP contribution < -0.4 is 4.90 Å². The Hall–Kier alpha value is -2.36. The lowest BCUT2D eigenvalue weighted by Gasteiger charge is -2.26. The summed E-state index contributed by atoms with van der Waals surface area (Å²) in [6.07, 6.45) is 2.68. The van der Waals surface area contributed by atoms with Gasteiger partial charge in [0, 0.05) is 24.7 Å². The molecule has 0 aliphatic carbocycles. The van der Waals surface area contributed by atoms with Crippen LogP contribution in [0.2, 0.25) is 0 Å². The molecule has 0 aromatic heterocycles. The van der Waals surface area contributed by atoms with Crippen molar-refractivity contribution in [2.45, 2.75) is 31.7 Å². The van der Waals surface area contributed by atoms with Crippen LogP contribution in [0, 0.1) is 5.82 Å². The van der Waals surface area contributed by atoms with E-state index in [9.17, 15) is 9.18 Å². The summed E-state index contributed by atoms with van der Waals surface area (Å²) in [6.45, 7) is 0.893. The van der Waals surface area contributed by atoms with Gasteiger partial charge in [-0.3, -0.25) is 4.79 Å². The first-order chi connectivity index (χ1) is 11.1.